The lowest BCUT2D eigenvalue weighted by atomic mass is 9.87. The van der Waals surface area contributed by atoms with E-state index < -0.39 is 59.4 Å². The van der Waals surface area contributed by atoms with Crippen molar-refractivity contribution in [2.45, 2.75) is 101 Å². The lowest BCUT2D eigenvalue weighted by molar-refractivity contribution is -0.140. The summed E-state index contributed by atoms with van der Waals surface area (Å²) in [6.07, 6.45) is 3.43. The van der Waals surface area contributed by atoms with Crippen molar-refractivity contribution >= 4 is 35.6 Å². The Morgan fingerprint density at radius 2 is 1.31 bits per heavy atom. The number of amides is 7. The maximum Gasteiger partial charge on any atom is 0.322 e. The number of benzene rings is 2. The average molecular weight is 719 g/mol. The second kappa shape index (κ2) is 19.1. The molecular weight excluding hydrogens is 664 g/mol. The highest BCUT2D eigenvalue weighted by atomic mass is 16.2. The predicted octanol–water partition coefficient (Wildman–Crippen LogP) is 1.02. The van der Waals surface area contributed by atoms with Crippen molar-refractivity contribution in [2.24, 2.45) is 17.4 Å². The third kappa shape index (κ3) is 11.3. The van der Waals surface area contributed by atoms with Crippen LogP contribution in [0.25, 0.3) is 0 Å². The van der Waals surface area contributed by atoms with Crippen LogP contribution >= 0.6 is 0 Å². The molecule has 2 heterocycles. The molecule has 14 nitrogen and oxygen atoms in total. The Labute approximate surface area is 305 Å². The Morgan fingerprint density at radius 3 is 1.87 bits per heavy atom. The first-order valence-electron chi connectivity index (χ1n) is 18.3. The summed E-state index contributed by atoms with van der Waals surface area (Å²) in [5, 5.41) is 13.6. The molecule has 0 unspecified atom stereocenters. The standard InChI is InChI=1S/C38H54N8O6/c1-25(2)16-17-29(33(48)42-30(15-9-10-20-39)35(50)46-21-18-38(19-22-46)36(51)44-37(52)45-38)41-34(49)31(24-27-13-7-4-8-14-27)43-32(47)28(40)23-26-11-5-3-6-12-26/h3-8,11-14,25,28-31H,9-10,15-24,39-40H2,1-2H3,(H,41,49)(H,42,48)(H,43,47)(H2,44,45,51,52)/t28-,29-,30-,31-/m1/s1. The van der Waals surface area contributed by atoms with Crippen LogP contribution in [0.15, 0.2) is 60.7 Å². The molecule has 14 heteroatoms. The molecule has 0 saturated carbocycles. The van der Waals surface area contributed by atoms with Gasteiger partial charge in [-0.05, 0) is 75.0 Å². The van der Waals surface area contributed by atoms with Gasteiger partial charge in [0.2, 0.25) is 23.6 Å². The number of nitrogens with one attached hydrogen (secondary N) is 5. The van der Waals surface area contributed by atoms with E-state index >= 15 is 0 Å². The molecule has 0 aromatic heterocycles. The zero-order valence-electron chi connectivity index (χ0n) is 30.2. The van der Waals surface area contributed by atoms with Crippen molar-refractivity contribution in [1.82, 2.24) is 31.5 Å². The number of carbonyl (C=O) groups is 6. The van der Waals surface area contributed by atoms with E-state index in [1.54, 1.807) is 4.90 Å². The molecule has 2 aromatic rings. The number of hydrogen-bond donors (Lipinski definition) is 7. The van der Waals surface area contributed by atoms with Crippen LogP contribution in [0.2, 0.25) is 0 Å². The lowest BCUT2D eigenvalue weighted by Crippen LogP contribution is -2.60. The molecule has 7 amide bonds. The van der Waals surface area contributed by atoms with E-state index in [4.69, 9.17) is 11.5 Å². The maximum absolute atomic E-state index is 14.0. The molecule has 2 fully saturated rings. The minimum atomic E-state index is -1.05. The molecular formula is C38H54N8O6. The SMILES string of the molecule is CC(C)CC[C@@H](NC(=O)[C@@H](Cc1ccccc1)NC(=O)[C@H](N)Cc1ccccc1)C(=O)N[C@H](CCCCN)C(=O)N1CCC2(CC1)NC(=O)NC2=O. The number of nitrogens with two attached hydrogens (primary N) is 2. The molecule has 2 saturated heterocycles. The van der Waals surface area contributed by atoms with Gasteiger partial charge in [0.05, 0.1) is 6.04 Å². The van der Waals surface area contributed by atoms with Crippen molar-refractivity contribution in [3.8, 4) is 0 Å². The highest BCUT2D eigenvalue weighted by molar-refractivity contribution is 6.07. The molecule has 2 aliphatic heterocycles. The number of nitrogens with zero attached hydrogens (tertiary/aromatic N) is 1. The monoisotopic (exact) mass is 718 g/mol. The van der Waals surface area contributed by atoms with E-state index in [1.807, 2.05) is 74.5 Å². The summed E-state index contributed by atoms with van der Waals surface area (Å²) in [5.41, 5.74) is 12.7. The molecule has 2 aromatic carbocycles. The molecule has 282 valence electrons. The van der Waals surface area contributed by atoms with Crippen molar-refractivity contribution in [3.63, 3.8) is 0 Å². The van der Waals surface area contributed by atoms with Crippen LogP contribution in [0.5, 0.6) is 0 Å². The van der Waals surface area contributed by atoms with Crippen molar-refractivity contribution in [3.05, 3.63) is 71.8 Å². The quantitative estimate of drug-likeness (QED) is 0.0870. The van der Waals surface area contributed by atoms with Gasteiger partial charge in [0.1, 0.15) is 23.7 Å². The van der Waals surface area contributed by atoms with Crippen molar-refractivity contribution in [1.29, 1.82) is 0 Å². The van der Waals surface area contributed by atoms with Crippen molar-refractivity contribution in [2.75, 3.05) is 19.6 Å². The first-order valence-corrected chi connectivity index (χ1v) is 18.3. The van der Waals surface area contributed by atoms with Gasteiger partial charge in [-0.2, -0.15) is 0 Å². The number of piperidine rings is 1. The summed E-state index contributed by atoms with van der Waals surface area (Å²) in [7, 11) is 0. The van der Waals surface area contributed by atoms with Gasteiger partial charge in [-0.1, -0.05) is 74.5 Å². The molecule has 4 rings (SSSR count). The third-order valence-electron chi connectivity index (χ3n) is 9.72. The fourth-order valence-electron chi connectivity index (χ4n) is 6.57. The van der Waals surface area contributed by atoms with Crippen LogP contribution in [0.1, 0.15) is 69.9 Å². The molecule has 52 heavy (non-hydrogen) atoms. The Bertz CT molecular complexity index is 1530. The smallest absolute Gasteiger partial charge is 0.322 e. The van der Waals surface area contributed by atoms with Crippen LogP contribution in [0.3, 0.4) is 0 Å². The van der Waals surface area contributed by atoms with Gasteiger partial charge in [0.15, 0.2) is 0 Å². The van der Waals surface area contributed by atoms with Crippen LogP contribution in [0.4, 0.5) is 4.79 Å². The average Bonchev–Trinajstić information content (AvgIpc) is 3.40. The number of imide groups is 1. The molecule has 0 radical (unpaired) electrons. The van der Waals surface area contributed by atoms with E-state index in [0.717, 1.165) is 11.1 Å². The van der Waals surface area contributed by atoms with Crippen LogP contribution in [-0.4, -0.2) is 89.8 Å². The Morgan fingerprint density at radius 1 is 0.750 bits per heavy atom. The third-order valence-corrected chi connectivity index (χ3v) is 9.72. The van der Waals surface area contributed by atoms with E-state index in [-0.39, 0.29) is 50.6 Å². The van der Waals surface area contributed by atoms with Crippen LogP contribution in [0, 0.1) is 5.92 Å². The highest BCUT2D eigenvalue weighted by Gasteiger charge is 2.49. The van der Waals surface area contributed by atoms with E-state index in [9.17, 15) is 28.8 Å². The summed E-state index contributed by atoms with van der Waals surface area (Å²) >= 11 is 0. The highest BCUT2D eigenvalue weighted by Crippen LogP contribution is 2.26. The summed E-state index contributed by atoms with van der Waals surface area (Å²) in [6.45, 7) is 4.89. The fourth-order valence-corrected chi connectivity index (χ4v) is 6.57. The number of likely N-dealkylation sites (tertiary alicyclic amines) is 1. The van der Waals surface area contributed by atoms with Gasteiger partial charge in [-0.25, -0.2) is 4.79 Å². The first kappa shape index (κ1) is 40.0. The molecule has 9 N–H and O–H groups in total. The van der Waals surface area contributed by atoms with E-state index in [1.165, 1.54) is 0 Å². The number of rotatable bonds is 18. The van der Waals surface area contributed by atoms with Gasteiger partial charge in [-0.3, -0.25) is 29.3 Å². The number of carbonyl (C=O) groups excluding carboxylic acids is 6. The van der Waals surface area contributed by atoms with Gasteiger partial charge in [-0.15, -0.1) is 0 Å². The van der Waals surface area contributed by atoms with Crippen molar-refractivity contribution < 1.29 is 28.8 Å². The number of unbranched alkanes of at least 4 members (excludes halogenated alkanes) is 1. The fraction of sp³-hybridized carbons (Fsp3) is 0.526. The topological polar surface area (TPSA) is 218 Å². The second-order valence-corrected chi connectivity index (χ2v) is 14.2. The Kier molecular flexibility index (Phi) is 14.7. The maximum atomic E-state index is 14.0. The second-order valence-electron chi connectivity index (χ2n) is 14.2. The largest absolute Gasteiger partial charge is 0.343 e. The Balaban J connectivity index is 1.48. The van der Waals surface area contributed by atoms with Gasteiger partial charge >= 0.3 is 6.03 Å². The molecule has 2 aliphatic rings. The first-order chi connectivity index (χ1) is 24.9. The zero-order chi connectivity index (χ0) is 37.7. The summed E-state index contributed by atoms with van der Waals surface area (Å²) in [6, 6.07) is 14.2. The normalized spacial score (nSPS) is 17.4. The number of hydrogen-bond acceptors (Lipinski definition) is 8. The minimum absolute atomic E-state index is 0.171. The van der Waals surface area contributed by atoms with Crippen LogP contribution < -0.4 is 38.1 Å². The molecule has 1 spiro atoms. The Hall–Kier alpha value is -4.82. The summed E-state index contributed by atoms with van der Waals surface area (Å²) in [4.78, 5) is 81.0. The lowest BCUT2D eigenvalue weighted by Gasteiger charge is -2.38. The van der Waals surface area contributed by atoms with E-state index in [2.05, 4.69) is 26.6 Å². The number of urea groups is 1. The summed E-state index contributed by atoms with van der Waals surface area (Å²) in [5.74, 6) is -2.04. The predicted molar refractivity (Wildman–Crippen MR) is 196 cm³/mol. The molecule has 0 bridgehead atoms. The zero-order valence-corrected chi connectivity index (χ0v) is 30.2. The van der Waals surface area contributed by atoms with Gasteiger partial charge in [0.25, 0.3) is 5.91 Å². The van der Waals surface area contributed by atoms with Gasteiger partial charge < -0.3 is 37.6 Å². The van der Waals surface area contributed by atoms with Crippen LogP contribution in [-0.2, 0) is 36.8 Å². The van der Waals surface area contributed by atoms with Gasteiger partial charge in [0, 0.05) is 19.5 Å². The van der Waals surface area contributed by atoms with E-state index in [0.29, 0.717) is 38.6 Å². The molecule has 4 atom stereocenters. The summed E-state index contributed by atoms with van der Waals surface area (Å²) < 4.78 is 0. The molecule has 0 aliphatic carbocycles. The minimum Gasteiger partial charge on any atom is -0.343 e.